The van der Waals surface area contributed by atoms with Crippen molar-refractivity contribution in [2.24, 2.45) is 5.73 Å². The molecule has 3 atom stereocenters. The minimum absolute atomic E-state index is 0.0646. The molecule has 0 saturated carbocycles. The number of rotatable bonds is 2. The van der Waals surface area contributed by atoms with Crippen molar-refractivity contribution in [1.29, 1.82) is 0 Å². The van der Waals surface area contributed by atoms with Crippen LogP contribution in [0, 0.1) is 6.92 Å². The van der Waals surface area contributed by atoms with Gasteiger partial charge in [0.25, 0.3) is 0 Å². The Hall–Kier alpha value is -1.80. The summed E-state index contributed by atoms with van der Waals surface area (Å²) >= 11 is 0. The van der Waals surface area contributed by atoms with Gasteiger partial charge < -0.3 is 10.5 Å². The highest BCUT2D eigenvalue weighted by Gasteiger charge is 2.30. The van der Waals surface area contributed by atoms with Crippen LogP contribution in [0.1, 0.15) is 42.0 Å². The Kier molecular flexibility index (Phi) is 3.49. The van der Waals surface area contributed by atoms with Crippen LogP contribution in [0.25, 0.3) is 0 Å². The molecule has 2 N–H and O–H groups in total. The molecule has 0 spiro atoms. The van der Waals surface area contributed by atoms with E-state index < -0.39 is 0 Å². The van der Waals surface area contributed by atoms with Crippen LogP contribution in [-0.4, -0.2) is 6.10 Å². The van der Waals surface area contributed by atoms with Crippen LogP contribution in [0.3, 0.4) is 0 Å². The largest absolute Gasteiger partial charge is 0.489 e. The summed E-state index contributed by atoms with van der Waals surface area (Å²) in [4.78, 5) is 0. The SMILES string of the molecule is Cc1ccc2c(c1)[C@H](N)CC(C(C)c1ccccc1)O2. The van der Waals surface area contributed by atoms with Crippen molar-refractivity contribution in [2.45, 2.75) is 38.3 Å². The number of nitrogens with two attached hydrogens (primary N) is 1. The number of benzene rings is 2. The lowest BCUT2D eigenvalue weighted by Gasteiger charge is -2.34. The first-order valence-electron chi connectivity index (χ1n) is 7.23. The molecule has 0 amide bonds. The molecule has 0 aliphatic carbocycles. The highest BCUT2D eigenvalue weighted by molar-refractivity contribution is 5.41. The average Bonchev–Trinajstić information content (AvgIpc) is 2.48. The van der Waals surface area contributed by atoms with E-state index in [0.717, 1.165) is 17.7 Å². The van der Waals surface area contributed by atoms with Gasteiger partial charge in [-0.25, -0.2) is 0 Å². The molecule has 0 radical (unpaired) electrons. The number of hydrogen-bond acceptors (Lipinski definition) is 2. The second-order valence-electron chi connectivity index (χ2n) is 5.74. The minimum atomic E-state index is 0.0646. The lowest BCUT2D eigenvalue weighted by Crippen LogP contribution is -2.33. The summed E-state index contributed by atoms with van der Waals surface area (Å²) in [6.07, 6.45) is 1.01. The Bertz CT molecular complexity index is 594. The van der Waals surface area contributed by atoms with Gasteiger partial charge in [-0.1, -0.05) is 55.0 Å². The fourth-order valence-corrected chi connectivity index (χ4v) is 2.93. The maximum Gasteiger partial charge on any atom is 0.124 e. The Balaban J connectivity index is 1.86. The molecule has 2 aromatic rings. The third-order valence-corrected chi connectivity index (χ3v) is 4.21. The maximum absolute atomic E-state index is 6.34. The first kappa shape index (κ1) is 13.2. The van der Waals surface area contributed by atoms with Crippen molar-refractivity contribution in [3.63, 3.8) is 0 Å². The predicted molar refractivity (Wildman–Crippen MR) is 82.0 cm³/mol. The summed E-state index contributed by atoms with van der Waals surface area (Å²) in [6, 6.07) is 16.8. The van der Waals surface area contributed by atoms with Gasteiger partial charge in [-0.2, -0.15) is 0 Å². The van der Waals surface area contributed by atoms with E-state index in [1.54, 1.807) is 0 Å². The molecule has 104 valence electrons. The summed E-state index contributed by atoms with van der Waals surface area (Å²) in [6.45, 7) is 4.30. The molecule has 20 heavy (non-hydrogen) atoms. The predicted octanol–water partition coefficient (Wildman–Crippen LogP) is 3.95. The number of fused-ring (bicyclic) bond motifs is 1. The number of ether oxygens (including phenoxy) is 1. The van der Waals surface area contributed by atoms with Crippen LogP contribution >= 0.6 is 0 Å². The smallest absolute Gasteiger partial charge is 0.124 e. The summed E-state index contributed by atoms with van der Waals surface area (Å²) in [5.41, 5.74) is 10.0. The third kappa shape index (κ3) is 2.44. The van der Waals surface area contributed by atoms with Crippen LogP contribution in [-0.2, 0) is 0 Å². The standard InChI is InChI=1S/C18H21NO/c1-12-8-9-17-15(10-12)16(19)11-18(20-17)13(2)14-6-4-3-5-7-14/h3-10,13,16,18H,11,19H2,1-2H3/t13?,16-,18?/m1/s1. The first-order chi connectivity index (χ1) is 9.65. The van der Waals surface area contributed by atoms with Gasteiger partial charge in [-0.05, 0) is 18.6 Å². The van der Waals surface area contributed by atoms with Crippen LogP contribution < -0.4 is 10.5 Å². The van der Waals surface area contributed by atoms with Gasteiger partial charge in [0, 0.05) is 23.9 Å². The topological polar surface area (TPSA) is 35.2 Å². The normalized spacial score (nSPS) is 22.8. The maximum atomic E-state index is 6.34. The monoisotopic (exact) mass is 267 g/mol. The van der Waals surface area contributed by atoms with E-state index in [4.69, 9.17) is 10.5 Å². The summed E-state index contributed by atoms with van der Waals surface area (Å²) in [5.74, 6) is 1.29. The zero-order valence-corrected chi connectivity index (χ0v) is 12.0. The van der Waals surface area contributed by atoms with E-state index in [0.29, 0.717) is 5.92 Å². The molecule has 0 aromatic heterocycles. The van der Waals surface area contributed by atoms with Crippen molar-refractivity contribution in [2.75, 3.05) is 0 Å². The zero-order chi connectivity index (χ0) is 14.1. The molecule has 1 heterocycles. The van der Waals surface area contributed by atoms with Gasteiger partial charge >= 0.3 is 0 Å². The van der Waals surface area contributed by atoms with Gasteiger partial charge in [-0.3, -0.25) is 0 Å². The van der Waals surface area contributed by atoms with Crippen molar-refractivity contribution < 1.29 is 4.74 Å². The Morgan fingerprint density at radius 3 is 2.65 bits per heavy atom. The molecule has 1 aliphatic rings. The lowest BCUT2D eigenvalue weighted by atomic mass is 9.87. The Labute approximate surface area is 120 Å². The van der Waals surface area contributed by atoms with Gasteiger partial charge in [0.15, 0.2) is 0 Å². The second kappa shape index (κ2) is 5.29. The third-order valence-electron chi connectivity index (χ3n) is 4.21. The quantitative estimate of drug-likeness (QED) is 0.894. The van der Waals surface area contributed by atoms with E-state index in [9.17, 15) is 0 Å². The molecular weight excluding hydrogens is 246 g/mol. The first-order valence-corrected chi connectivity index (χ1v) is 7.23. The van der Waals surface area contributed by atoms with Crippen LogP contribution in [0.2, 0.25) is 0 Å². The lowest BCUT2D eigenvalue weighted by molar-refractivity contribution is 0.136. The van der Waals surface area contributed by atoms with Gasteiger partial charge in [0.2, 0.25) is 0 Å². The van der Waals surface area contributed by atoms with Gasteiger partial charge in [0.1, 0.15) is 11.9 Å². The minimum Gasteiger partial charge on any atom is -0.489 e. The van der Waals surface area contributed by atoms with Gasteiger partial charge in [-0.15, -0.1) is 0 Å². The second-order valence-corrected chi connectivity index (χ2v) is 5.74. The highest BCUT2D eigenvalue weighted by atomic mass is 16.5. The van der Waals surface area contributed by atoms with Crippen molar-refractivity contribution in [1.82, 2.24) is 0 Å². The van der Waals surface area contributed by atoms with Crippen LogP contribution in [0.4, 0.5) is 0 Å². The van der Waals surface area contributed by atoms with E-state index in [-0.39, 0.29) is 12.1 Å². The van der Waals surface area contributed by atoms with Crippen molar-refractivity contribution in [3.05, 3.63) is 65.2 Å². The molecule has 0 bridgehead atoms. The molecule has 1 aliphatic heterocycles. The summed E-state index contributed by atoms with van der Waals surface area (Å²) in [7, 11) is 0. The summed E-state index contributed by atoms with van der Waals surface area (Å²) in [5, 5.41) is 0. The molecule has 2 nitrogen and oxygen atoms in total. The molecular formula is C18H21NO. The number of hydrogen-bond donors (Lipinski definition) is 1. The van der Waals surface area contributed by atoms with E-state index >= 15 is 0 Å². The number of aryl methyl sites for hydroxylation is 1. The average molecular weight is 267 g/mol. The molecule has 0 saturated heterocycles. The van der Waals surface area contributed by atoms with Crippen molar-refractivity contribution >= 4 is 0 Å². The van der Waals surface area contributed by atoms with Crippen molar-refractivity contribution in [3.8, 4) is 5.75 Å². The Morgan fingerprint density at radius 1 is 1.15 bits per heavy atom. The molecule has 0 fully saturated rings. The summed E-state index contributed by atoms with van der Waals surface area (Å²) < 4.78 is 6.19. The van der Waals surface area contributed by atoms with Crippen LogP contribution in [0.5, 0.6) is 5.75 Å². The molecule has 2 heteroatoms. The van der Waals surface area contributed by atoms with E-state index in [1.807, 2.05) is 6.07 Å². The molecule has 2 unspecified atom stereocenters. The van der Waals surface area contributed by atoms with E-state index in [1.165, 1.54) is 11.1 Å². The van der Waals surface area contributed by atoms with E-state index in [2.05, 4.69) is 56.3 Å². The molecule has 2 aromatic carbocycles. The zero-order valence-electron chi connectivity index (χ0n) is 12.0. The van der Waals surface area contributed by atoms with Gasteiger partial charge in [0.05, 0.1) is 0 Å². The fraction of sp³-hybridized carbons (Fsp3) is 0.333. The Morgan fingerprint density at radius 2 is 1.90 bits per heavy atom. The van der Waals surface area contributed by atoms with Crippen LogP contribution in [0.15, 0.2) is 48.5 Å². The fourth-order valence-electron chi connectivity index (χ4n) is 2.93. The highest BCUT2D eigenvalue weighted by Crippen LogP contribution is 2.38. The molecule has 3 rings (SSSR count).